The first-order chi connectivity index (χ1) is 8.50. The van der Waals surface area contributed by atoms with Gasteiger partial charge in [0, 0.05) is 13.0 Å². The molecule has 0 atom stereocenters. The molecule has 6 N–H and O–H groups in total. The molecule has 0 aromatic heterocycles. The summed E-state index contributed by atoms with van der Waals surface area (Å²) >= 11 is 0. The molecular formula is C12H17N3O3. The van der Waals surface area contributed by atoms with Crippen LogP contribution in [0.1, 0.15) is 29.6 Å². The molecule has 0 fully saturated rings. The van der Waals surface area contributed by atoms with Crippen molar-refractivity contribution in [1.82, 2.24) is 0 Å². The van der Waals surface area contributed by atoms with Gasteiger partial charge in [-0.15, -0.1) is 0 Å². The van der Waals surface area contributed by atoms with Crippen molar-refractivity contribution in [2.45, 2.75) is 19.3 Å². The third-order valence-corrected chi connectivity index (χ3v) is 2.47. The summed E-state index contributed by atoms with van der Waals surface area (Å²) in [6.45, 7) is 0.612. The number of unbranched alkanes of at least 4 members (excludes halogenated alkanes) is 1. The number of hydrogen-bond acceptors (Lipinski definition) is 4. The van der Waals surface area contributed by atoms with Gasteiger partial charge in [-0.05, 0) is 31.0 Å². The standard InChI is InChI=1S/C12H17N3O3/c13-9-5-4-8(12(17)18)7-10(9)15-6-2-1-3-11(14)16/h4-5,7,15H,1-3,6,13H2,(H2,14,16)(H,17,18). The van der Waals surface area contributed by atoms with E-state index in [0.29, 0.717) is 30.8 Å². The van der Waals surface area contributed by atoms with Crippen molar-refractivity contribution in [3.05, 3.63) is 23.8 Å². The zero-order valence-electron chi connectivity index (χ0n) is 9.98. The Kier molecular flexibility index (Phi) is 4.98. The lowest BCUT2D eigenvalue weighted by Crippen LogP contribution is -2.11. The van der Waals surface area contributed by atoms with Crippen molar-refractivity contribution in [3.63, 3.8) is 0 Å². The Balaban J connectivity index is 2.48. The summed E-state index contributed by atoms with van der Waals surface area (Å²) < 4.78 is 0. The van der Waals surface area contributed by atoms with Crippen molar-refractivity contribution in [1.29, 1.82) is 0 Å². The van der Waals surface area contributed by atoms with Gasteiger partial charge in [0.2, 0.25) is 5.91 Å². The van der Waals surface area contributed by atoms with Gasteiger partial charge in [-0.2, -0.15) is 0 Å². The second kappa shape index (κ2) is 6.48. The van der Waals surface area contributed by atoms with Gasteiger partial charge in [-0.25, -0.2) is 4.79 Å². The number of carbonyl (C=O) groups excluding carboxylic acids is 1. The van der Waals surface area contributed by atoms with Gasteiger partial charge < -0.3 is 21.9 Å². The lowest BCUT2D eigenvalue weighted by Gasteiger charge is -2.09. The van der Waals surface area contributed by atoms with E-state index in [9.17, 15) is 9.59 Å². The molecule has 6 nitrogen and oxygen atoms in total. The van der Waals surface area contributed by atoms with Crippen LogP contribution in [0.2, 0.25) is 0 Å². The fourth-order valence-corrected chi connectivity index (χ4v) is 1.49. The number of primary amides is 1. The van der Waals surface area contributed by atoms with E-state index in [1.54, 1.807) is 6.07 Å². The molecule has 1 aromatic rings. The highest BCUT2D eigenvalue weighted by Crippen LogP contribution is 2.20. The number of nitrogens with one attached hydrogen (secondary N) is 1. The van der Waals surface area contributed by atoms with Crippen LogP contribution in [0, 0.1) is 0 Å². The van der Waals surface area contributed by atoms with E-state index < -0.39 is 5.97 Å². The Morgan fingerprint density at radius 2 is 2.00 bits per heavy atom. The molecular weight excluding hydrogens is 234 g/mol. The predicted molar refractivity (Wildman–Crippen MR) is 69.3 cm³/mol. The molecule has 0 unspecified atom stereocenters. The van der Waals surface area contributed by atoms with Crippen LogP contribution >= 0.6 is 0 Å². The van der Waals surface area contributed by atoms with Crippen LogP contribution in [0.5, 0.6) is 0 Å². The predicted octanol–water partition coefficient (Wildman–Crippen LogP) is 1.03. The van der Waals surface area contributed by atoms with Gasteiger partial charge in [-0.3, -0.25) is 4.79 Å². The normalized spacial score (nSPS) is 10.0. The molecule has 6 heteroatoms. The van der Waals surface area contributed by atoms with E-state index >= 15 is 0 Å². The summed E-state index contributed by atoms with van der Waals surface area (Å²) in [5.41, 5.74) is 12.0. The van der Waals surface area contributed by atoms with Crippen LogP contribution in [0.3, 0.4) is 0 Å². The number of nitrogen functional groups attached to an aromatic ring is 1. The van der Waals surface area contributed by atoms with Crippen molar-refractivity contribution in [2.75, 3.05) is 17.6 Å². The average Bonchev–Trinajstić information content (AvgIpc) is 2.30. The first-order valence-electron chi connectivity index (χ1n) is 5.65. The summed E-state index contributed by atoms with van der Waals surface area (Å²) in [7, 11) is 0. The Hall–Kier alpha value is -2.24. The van der Waals surface area contributed by atoms with Crippen LogP contribution < -0.4 is 16.8 Å². The highest BCUT2D eigenvalue weighted by atomic mass is 16.4. The van der Waals surface area contributed by atoms with E-state index in [2.05, 4.69) is 5.32 Å². The number of aromatic carboxylic acids is 1. The Bertz CT molecular complexity index is 446. The molecule has 0 saturated carbocycles. The molecule has 0 aliphatic carbocycles. The van der Waals surface area contributed by atoms with Crippen LogP contribution in [0.25, 0.3) is 0 Å². The number of carbonyl (C=O) groups is 2. The number of rotatable bonds is 7. The minimum Gasteiger partial charge on any atom is -0.478 e. The topological polar surface area (TPSA) is 118 Å². The SMILES string of the molecule is NC(=O)CCCCNc1cc(C(=O)O)ccc1N. The molecule has 98 valence electrons. The Morgan fingerprint density at radius 1 is 1.28 bits per heavy atom. The van der Waals surface area contributed by atoms with Gasteiger partial charge >= 0.3 is 5.97 Å². The summed E-state index contributed by atoms with van der Waals surface area (Å²) in [5, 5.41) is 11.9. The molecule has 18 heavy (non-hydrogen) atoms. The molecule has 0 saturated heterocycles. The number of nitrogens with two attached hydrogens (primary N) is 2. The van der Waals surface area contributed by atoms with Crippen molar-refractivity contribution in [3.8, 4) is 0 Å². The number of benzene rings is 1. The second-order valence-electron chi connectivity index (χ2n) is 3.96. The lowest BCUT2D eigenvalue weighted by molar-refractivity contribution is -0.118. The van der Waals surface area contributed by atoms with Crippen molar-refractivity contribution < 1.29 is 14.7 Å². The highest BCUT2D eigenvalue weighted by Gasteiger charge is 2.06. The van der Waals surface area contributed by atoms with Crippen LogP contribution in [0.4, 0.5) is 11.4 Å². The first-order valence-corrected chi connectivity index (χ1v) is 5.65. The number of carboxylic acids is 1. The van der Waals surface area contributed by atoms with E-state index in [-0.39, 0.29) is 11.5 Å². The lowest BCUT2D eigenvalue weighted by atomic mass is 10.1. The minimum atomic E-state index is -0.994. The van der Waals surface area contributed by atoms with Gasteiger partial charge in [-0.1, -0.05) is 0 Å². The summed E-state index contributed by atoms with van der Waals surface area (Å²) in [5.74, 6) is -1.31. The zero-order valence-corrected chi connectivity index (χ0v) is 9.98. The average molecular weight is 251 g/mol. The fourth-order valence-electron chi connectivity index (χ4n) is 1.49. The Labute approximate surface area is 105 Å². The highest BCUT2D eigenvalue weighted by molar-refractivity contribution is 5.90. The molecule has 0 aliphatic rings. The maximum atomic E-state index is 10.8. The fraction of sp³-hybridized carbons (Fsp3) is 0.333. The molecule has 0 heterocycles. The minimum absolute atomic E-state index is 0.184. The molecule has 1 rings (SSSR count). The van der Waals surface area contributed by atoms with Crippen molar-refractivity contribution >= 4 is 23.3 Å². The van der Waals surface area contributed by atoms with Gasteiger partial charge in [0.1, 0.15) is 0 Å². The number of carboxylic acid groups (broad SMARTS) is 1. The van der Waals surface area contributed by atoms with Crippen LogP contribution in [-0.2, 0) is 4.79 Å². The molecule has 1 aromatic carbocycles. The third kappa shape index (κ3) is 4.32. The van der Waals surface area contributed by atoms with E-state index in [0.717, 1.165) is 6.42 Å². The molecule has 0 radical (unpaired) electrons. The Morgan fingerprint density at radius 3 is 2.61 bits per heavy atom. The summed E-state index contributed by atoms with van der Waals surface area (Å²) in [6.07, 6.45) is 1.81. The molecule has 1 amide bonds. The molecule has 0 aliphatic heterocycles. The summed E-state index contributed by atoms with van der Waals surface area (Å²) in [4.78, 5) is 21.3. The largest absolute Gasteiger partial charge is 0.478 e. The van der Waals surface area contributed by atoms with Crippen LogP contribution in [0.15, 0.2) is 18.2 Å². The van der Waals surface area contributed by atoms with E-state index in [4.69, 9.17) is 16.6 Å². The van der Waals surface area contributed by atoms with E-state index in [1.807, 2.05) is 0 Å². The number of amides is 1. The number of anilines is 2. The van der Waals surface area contributed by atoms with Crippen LogP contribution in [-0.4, -0.2) is 23.5 Å². The van der Waals surface area contributed by atoms with E-state index in [1.165, 1.54) is 12.1 Å². The quantitative estimate of drug-likeness (QED) is 0.426. The van der Waals surface area contributed by atoms with Crippen molar-refractivity contribution in [2.24, 2.45) is 5.73 Å². The van der Waals surface area contributed by atoms with Gasteiger partial charge in [0.05, 0.1) is 16.9 Å². The maximum absolute atomic E-state index is 10.8. The maximum Gasteiger partial charge on any atom is 0.335 e. The first kappa shape index (κ1) is 13.8. The third-order valence-electron chi connectivity index (χ3n) is 2.47. The molecule has 0 spiro atoms. The zero-order chi connectivity index (χ0) is 13.5. The van der Waals surface area contributed by atoms with Gasteiger partial charge in [0.25, 0.3) is 0 Å². The summed E-state index contributed by atoms with van der Waals surface area (Å²) in [6, 6.07) is 4.50. The monoisotopic (exact) mass is 251 g/mol. The smallest absolute Gasteiger partial charge is 0.335 e. The second-order valence-corrected chi connectivity index (χ2v) is 3.96. The molecule has 0 bridgehead atoms. The van der Waals surface area contributed by atoms with Gasteiger partial charge in [0.15, 0.2) is 0 Å². The number of hydrogen-bond donors (Lipinski definition) is 4.